The van der Waals surface area contributed by atoms with Gasteiger partial charge in [0, 0.05) is 0 Å². The maximum absolute atomic E-state index is 8.45. The highest BCUT2D eigenvalue weighted by Gasteiger charge is 1.98. The second-order valence-electron chi connectivity index (χ2n) is 2.48. The Balaban J connectivity index is 2.54. The first-order valence-corrected chi connectivity index (χ1v) is 3.56. The number of aromatic nitrogens is 3. The molecule has 0 spiro atoms. The lowest BCUT2D eigenvalue weighted by Crippen LogP contribution is -1.80. The zero-order valence-electron chi connectivity index (χ0n) is 6.28. The lowest BCUT2D eigenvalue weighted by molar-refractivity contribution is 0.959. The minimum absolute atomic E-state index is 0.419. The van der Waals surface area contributed by atoms with Crippen molar-refractivity contribution in [2.75, 3.05) is 0 Å². The molecule has 1 heterocycles. The van der Waals surface area contributed by atoms with Gasteiger partial charge < -0.3 is 0 Å². The van der Waals surface area contributed by atoms with Crippen molar-refractivity contribution in [3.8, 4) is 6.07 Å². The number of hydrogen-bond acceptors (Lipinski definition) is 3. The lowest BCUT2D eigenvalue weighted by atomic mass is 10.1. The van der Waals surface area contributed by atoms with E-state index in [9.17, 15) is 0 Å². The van der Waals surface area contributed by atoms with Gasteiger partial charge in [0.05, 0.1) is 12.5 Å². The van der Waals surface area contributed by atoms with Gasteiger partial charge in [-0.3, -0.25) is 0 Å². The standard InChI is InChI=1S/C8H6N4/c9-4-3-6-1-2-7-8(5-6)11-12-10-7/h1-2,5H,3H2,(H,10,11,12). The summed E-state index contributed by atoms with van der Waals surface area (Å²) in [6.07, 6.45) is 0.419. The third-order valence-electron chi connectivity index (χ3n) is 1.66. The highest BCUT2D eigenvalue weighted by molar-refractivity contribution is 5.74. The maximum atomic E-state index is 8.45. The number of benzene rings is 1. The second kappa shape index (κ2) is 2.62. The van der Waals surface area contributed by atoms with E-state index in [2.05, 4.69) is 21.5 Å². The first-order valence-electron chi connectivity index (χ1n) is 3.56. The quantitative estimate of drug-likeness (QED) is 0.673. The number of nitrogens with one attached hydrogen (secondary N) is 1. The van der Waals surface area contributed by atoms with Crippen molar-refractivity contribution in [3.63, 3.8) is 0 Å². The van der Waals surface area contributed by atoms with E-state index >= 15 is 0 Å². The summed E-state index contributed by atoms with van der Waals surface area (Å²) < 4.78 is 0. The van der Waals surface area contributed by atoms with Crippen LogP contribution in [-0.4, -0.2) is 15.4 Å². The van der Waals surface area contributed by atoms with E-state index in [1.54, 1.807) is 0 Å². The van der Waals surface area contributed by atoms with Crippen LogP contribution in [0.25, 0.3) is 11.0 Å². The molecule has 12 heavy (non-hydrogen) atoms. The summed E-state index contributed by atoms with van der Waals surface area (Å²) >= 11 is 0. The average molecular weight is 158 g/mol. The topological polar surface area (TPSA) is 65.4 Å². The molecule has 0 aliphatic rings. The van der Waals surface area contributed by atoms with Crippen molar-refractivity contribution in [2.24, 2.45) is 0 Å². The van der Waals surface area contributed by atoms with Gasteiger partial charge in [0.2, 0.25) is 0 Å². The summed E-state index contributed by atoms with van der Waals surface area (Å²) in [6.45, 7) is 0. The maximum Gasteiger partial charge on any atom is 0.113 e. The monoisotopic (exact) mass is 158 g/mol. The highest BCUT2D eigenvalue weighted by Crippen LogP contribution is 2.10. The Hall–Kier alpha value is -1.89. The van der Waals surface area contributed by atoms with Crippen LogP contribution in [-0.2, 0) is 6.42 Å². The van der Waals surface area contributed by atoms with Crippen LogP contribution in [0.15, 0.2) is 18.2 Å². The zero-order chi connectivity index (χ0) is 8.39. The van der Waals surface area contributed by atoms with Crippen molar-refractivity contribution in [1.82, 2.24) is 15.4 Å². The zero-order valence-corrected chi connectivity index (χ0v) is 6.28. The van der Waals surface area contributed by atoms with Crippen LogP contribution in [0.1, 0.15) is 5.56 Å². The summed E-state index contributed by atoms with van der Waals surface area (Å²) in [5.41, 5.74) is 2.61. The predicted octanol–water partition coefficient (Wildman–Crippen LogP) is 1.02. The molecule has 0 radical (unpaired) electrons. The van der Waals surface area contributed by atoms with Gasteiger partial charge in [0.1, 0.15) is 11.0 Å². The summed E-state index contributed by atoms with van der Waals surface area (Å²) in [5, 5.41) is 18.8. The van der Waals surface area contributed by atoms with E-state index in [1.165, 1.54) is 0 Å². The molecule has 4 heteroatoms. The van der Waals surface area contributed by atoms with Crippen molar-refractivity contribution < 1.29 is 0 Å². The molecule has 1 aromatic carbocycles. The van der Waals surface area contributed by atoms with Gasteiger partial charge in [-0.25, -0.2) is 0 Å². The average Bonchev–Trinajstić information content (AvgIpc) is 2.51. The molecule has 0 aliphatic heterocycles. The number of fused-ring (bicyclic) bond motifs is 1. The van der Waals surface area contributed by atoms with Crippen LogP contribution in [0.3, 0.4) is 0 Å². The van der Waals surface area contributed by atoms with Crippen molar-refractivity contribution in [2.45, 2.75) is 6.42 Å². The molecule has 2 aromatic rings. The highest BCUT2D eigenvalue weighted by atomic mass is 15.3. The van der Waals surface area contributed by atoms with Gasteiger partial charge in [-0.15, -0.1) is 0 Å². The molecule has 0 aliphatic carbocycles. The molecule has 0 saturated carbocycles. The fourth-order valence-electron chi connectivity index (χ4n) is 1.09. The van der Waals surface area contributed by atoms with Crippen LogP contribution in [0.4, 0.5) is 0 Å². The molecule has 0 bridgehead atoms. The number of rotatable bonds is 1. The number of hydrogen-bond donors (Lipinski definition) is 1. The normalized spacial score (nSPS) is 9.92. The first kappa shape index (κ1) is 6.80. The SMILES string of the molecule is N#CCc1ccc2n[nH]nc2c1. The number of H-pyrrole nitrogens is 1. The minimum Gasteiger partial charge on any atom is -0.198 e. The Morgan fingerprint density at radius 2 is 2.17 bits per heavy atom. The molecule has 0 saturated heterocycles. The molecule has 2 rings (SSSR count). The van der Waals surface area contributed by atoms with Gasteiger partial charge in [0.25, 0.3) is 0 Å². The molecule has 4 nitrogen and oxygen atoms in total. The summed E-state index contributed by atoms with van der Waals surface area (Å²) in [7, 11) is 0. The van der Waals surface area contributed by atoms with Crippen LogP contribution in [0.2, 0.25) is 0 Å². The number of nitriles is 1. The van der Waals surface area contributed by atoms with E-state index in [-0.39, 0.29) is 0 Å². The Labute approximate surface area is 68.8 Å². The van der Waals surface area contributed by atoms with Crippen LogP contribution >= 0.6 is 0 Å². The largest absolute Gasteiger partial charge is 0.198 e. The molecular formula is C8H6N4. The van der Waals surface area contributed by atoms with E-state index in [0.717, 1.165) is 16.6 Å². The molecule has 0 amide bonds. The second-order valence-corrected chi connectivity index (χ2v) is 2.48. The van der Waals surface area contributed by atoms with E-state index in [1.807, 2.05) is 18.2 Å². The summed E-state index contributed by atoms with van der Waals surface area (Å²) in [6, 6.07) is 7.68. The fourth-order valence-corrected chi connectivity index (χ4v) is 1.09. The Morgan fingerprint density at radius 1 is 1.33 bits per heavy atom. The van der Waals surface area contributed by atoms with E-state index in [4.69, 9.17) is 5.26 Å². The number of nitrogens with zero attached hydrogens (tertiary/aromatic N) is 3. The van der Waals surface area contributed by atoms with Gasteiger partial charge in [0.15, 0.2) is 0 Å². The smallest absolute Gasteiger partial charge is 0.113 e. The molecule has 0 unspecified atom stereocenters. The van der Waals surface area contributed by atoms with Crippen LogP contribution in [0, 0.1) is 11.3 Å². The molecule has 0 fully saturated rings. The lowest BCUT2D eigenvalue weighted by Gasteiger charge is -1.90. The molecule has 0 atom stereocenters. The van der Waals surface area contributed by atoms with Crippen molar-refractivity contribution in [3.05, 3.63) is 23.8 Å². The summed E-state index contributed by atoms with van der Waals surface area (Å²) in [5.74, 6) is 0. The fraction of sp³-hybridized carbons (Fsp3) is 0.125. The first-order chi connectivity index (χ1) is 5.90. The number of aromatic amines is 1. The molecule has 1 aromatic heterocycles. The van der Waals surface area contributed by atoms with Gasteiger partial charge in [-0.2, -0.15) is 20.7 Å². The molecule has 1 N–H and O–H groups in total. The Morgan fingerprint density at radius 3 is 3.00 bits per heavy atom. The van der Waals surface area contributed by atoms with Gasteiger partial charge in [-0.05, 0) is 17.7 Å². The van der Waals surface area contributed by atoms with Crippen LogP contribution < -0.4 is 0 Å². The van der Waals surface area contributed by atoms with Crippen molar-refractivity contribution >= 4 is 11.0 Å². The van der Waals surface area contributed by atoms with E-state index in [0.29, 0.717) is 6.42 Å². The predicted molar refractivity (Wildman–Crippen MR) is 43.2 cm³/mol. The van der Waals surface area contributed by atoms with Crippen LogP contribution in [0.5, 0.6) is 0 Å². The Kier molecular flexibility index (Phi) is 1.49. The minimum atomic E-state index is 0.419. The third-order valence-corrected chi connectivity index (χ3v) is 1.66. The Bertz CT molecular complexity index is 437. The summed E-state index contributed by atoms with van der Waals surface area (Å²) in [4.78, 5) is 0. The molecular weight excluding hydrogens is 152 g/mol. The van der Waals surface area contributed by atoms with Crippen molar-refractivity contribution in [1.29, 1.82) is 5.26 Å². The third kappa shape index (κ3) is 1.01. The van der Waals surface area contributed by atoms with Gasteiger partial charge in [-0.1, -0.05) is 6.07 Å². The molecule has 58 valence electrons. The van der Waals surface area contributed by atoms with E-state index < -0.39 is 0 Å². The van der Waals surface area contributed by atoms with Gasteiger partial charge >= 0.3 is 0 Å².